The van der Waals surface area contributed by atoms with Crippen LogP contribution in [0.2, 0.25) is 0 Å². The second-order valence-electron chi connectivity index (χ2n) is 8.36. The Hall–Kier alpha value is -4.90. The normalized spacial score (nSPS) is 10.6. The van der Waals surface area contributed by atoms with Gasteiger partial charge in [-0.15, -0.1) is 0 Å². The third-order valence-corrected chi connectivity index (χ3v) is 5.50. The van der Waals surface area contributed by atoms with Gasteiger partial charge in [-0.25, -0.2) is 14.5 Å². The molecular weight excluding hydrogens is 508 g/mol. The van der Waals surface area contributed by atoms with Crippen LogP contribution in [-0.4, -0.2) is 27.4 Å². The average molecular weight is 533 g/mol. The second-order valence-corrected chi connectivity index (χ2v) is 8.36. The number of esters is 1. The molecule has 0 aliphatic heterocycles. The Morgan fingerprint density at radius 1 is 0.718 bits per heavy atom. The minimum absolute atomic E-state index is 0.00374. The van der Waals surface area contributed by atoms with Crippen LogP contribution < -0.4 is 14.4 Å². The van der Waals surface area contributed by atoms with Gasteiger partial charge in [-0.2, -0.15) is 4.89 Å². The van der Waals surface area contributed by atoms with E-state index >= 15 is 0 Å². The largest absolute Gasteiger partial charge is 0.508 e. The average Bonchev–Trinajstić information content (AvgIpc) is 2.92. The molecule has 0 aromatic heterocycles. The zero-order valence-electron chi connectivity index (χ0n) is 20.7. The number of hydrogen-bond donors (Lipinski definition) is 3. The lowest BCUT2D eigenvalue weighted by atomic mass is 10.0. The second kappa shape index (κ2) is 12.6. The molecule has 10 heteroatoms. The lowest BCUT2D eigenvalue weighted by Gasteiger charge is -2.11. The van der Waals surface area contributed by atoms with Crippen molar-refractivity contribution in [1.29, 1.82) is 0 Å². The zero-order valence-corrected chi connectivity index (χ0v) is 20.7. The van der Waals surface area contributed by atoms with Crippen molar-refractivity contribution in [3.8, 4) is 28.7 Å². The summed E-state index contributed by atoms with van der Waals surface area (Å²) in [5.41, 5.74) is 1.78. The summed E-state index contributed by atoms with van der Waals surface area (Å²) in [6, 6.07) is 21.9. The smallest absolute Gasteiger partial charge is 0.344 e. The molecule has 0 aliphatic carbocycles. The number of carboxylic acid groups (broad SMARTS) is 1. The van der Waals surface area contributed by atoms with E-state index in [0.717, 1.165) is 5.56 Å². The summed E-state index contributed by atoms with van der Waals surface area (Å²) in [6.45, 7) is 1.69. The lowest BCUT2D eigenvalue weighted by Crippen LogP contribution is -2.14. The third-order valence-electron chi connectivity index (χ3n) is 5.50. The quantitative estimate of drug-likeness (QED) is 0.0924. The number of benzene rings is 4. The first-order chi connectivity index (χ1) is 18.8. The van der Waals surface area contributed by atoms with Gasteiger partial charge in [-0.3, -0.25) is 5.26 Å². The van der Waals surface area contributed by atoms with Crippen molar-refractivity contribution in [2.75, 3.05) is 0 Å². The van der Waals surface area contributed by atoms with Crippen LogP contribution in [0.25, 0.3) is 0 Å². The fourth-order valence-corrected chi connectivity index (χ4v) is 3.57. The molecule has 0 saturated heterocycles. The predicted molar refractivity (Wildman–Crippen MR) is 137 cm³/mol. The van der Waals surface area contributed by atoms with Gasteiger partial charge in [-0.1, -0.05) is 17.7 Å². The van der Waals surface area contributed by atoms with Crippen molar-refractivity contribution < 1.29 is 49.2 Å². The Kier molecular flexibility index (Phi) is 8.75. The highest BCUT2D eigenvalue weighted by molar-refractivity contribution is 6.03. The number of carboxylic acids is 1. The molecule has 0 spiro atoms. The Labute approximate surface area is 223 Å². The molecule has 0 radical (unpaired) electrons. The molecule has 0 heterocycles. The molecule has 4 aromatic rings. The molecule has 0 unspecified atom stereocenters. The maximum Gasteiger partial charge on any atom is 0.344 e. The molecule has 0 bridgehead atoms. The van der Waals surface area contributed by atoms with E-state index in [9.17, 15) is 19.8 Å². The molecular formula is C29H24O10. The Morgan fingerprint density at radius 3 is 2.00 bits per heavy atom. The first kappa shape index (κ1) is 27.1. The van der Waals surface area contributed by atoms with Crippen LogP contribution in [-0.2, 0) is 23.0 Å². The first-order valence-electron chi connectivity index (χ1n) is 11.6. The molecule has 0 amide bonds. The maximum atomic E-state index is 12.6. The van der Waals surface area contributed by atoms with Gasteiger partial charge < -0.3 is 24.6 Å². The van der Waals surface area contributed by atoms with E-state index in [1.807, 2.05) is 0 Å². The van der Waals surface area contributed by atoms with Gasteiger partial charge in [0.05, 0.1) is 11.1 Å². The van der Waals surface area contributed by atoms with Crippen molar-refractivity contribution in [3.05, 3.63) is 113 Å². The number of carbonyl (C=O) groups excluding carboxylic acids is 1. The van der Waals surface area contributed by atoms with Gasteiger partial charge in [0.2, 0.25) is 0 Å². The van der Waals surface area contributed by atoms with Crippen LogP contribution in [0.5, 0.6) is 28.7 Å². The van der Waals surface area contributed by atoms with E-state index in [1.54, 1.807) is 55.5 Å². The molecule has 0 aliphatic rings. The number of carbonyl (C=O) groups is 2. The Morgan fingerprint density at radius 2 is 1.36 bits per heavy atom. The van der Waals surface area contributed by atoms with E-state index < -0.39 is 11.9 Å². The number of aromatic carboxylic acids is 1. The van der Waals surface area contributed by atoms with Crippen LogP contribution >= 0.6 is 0 Å². The minimum atomic E-state index is -1.22. The predicted octanol–water partition coefficient (Wildman–Crippen LogP) is 5.91. The molecule has 0 atom stereocenters. The van der Waals surface area contributed by atoms with E-state index in [4.69, 9.17) is 24.5 Å². The zero-order chi connectivity index (χ0) is 27.8. The molecule has 0 saturated carbocycles. The van der Waals surface area contributed by atoms with Crippen LogP contribution in [0.4, 0.5) is 0 Å². The highest BCUT2D eigenvalue weighted by Gasteiger charge is 2.18. The summed E-state index contributed by atoms with van der Waals surface area (Å²) in [4.78, 5) is 38.7. The topological polar surface area (TPSA) is 141 Å². The number of phenols is 1. The number of aryl methyl sites for hydroxylation is 1. The van der Waals surface area contributed by atoms with E-state index in [1.165, 1.54) is 36.4 Å². The highest BCUT2D eigenvalue weighted by Crippen LogP contribution is 2.27. The van der Waals surface area contributed by atoms with Gasteiger partial charge in [0.25, 0.3) is 0 Å². The lowest BCUT2D eigenvalue weighted by molar-refractivity contribution is -0.253. The van der Waals surface area contributed by atoms with Gasteiger partial charge >= 0.3 is 11.9 Å². The summed E-state index contributed by atoms with van der Waals surface area (Å²) in [7, 11) is 0. The summed E-state index contributed by atoms with van der Waals surface area (Å²) < 4.78 is 11.1. The molecule has 0 fully saturated rings. The number of rotatable bonds is 11. The van der Waals surface area contributed by atoms with Crippen LogP contribution in [0.1, 0.15) is 37.4 Å². The standard InChI is InChI=1S/C29H24O10/c1-18-2-13-26(28(31)32)27(14-18)29(33)38-24-7-5-22(6-8-24)37-23-9-11-25(12-10-23)39-36-17-20-15-21(30)4-3-19(20)16-35-34/h2-15,30,34H,16-17H2,1H3,(H,31,32). The number of hydrogen-bond acceptors (Lipinski definition) is 9. The molecule has 3 N–H and O–H groups in total. The van der Waals surface area contributed by atoms with Crippen LogP contribution in [0, 0.1) is 6.92 Å². The monoisotopic (exact) mass is 532 g/mol. The van der Waals surface area contributed by atoms with Crippen molar-refractivity contribution in [2.45, 2.75) is 20.1 Å². The molecule has 4 rings (SSSR count). The summed E-state index contributed by atoms with van der Waals surface area (Å²) >= 11 is 0. The van der Waals surface area contributed by atoms with E-state index in [-0.39, 0.29) is 35.8 Å². The van der Waals surface area contributed by atoms with Crippen LogP contribution in [0.3, 0.4) is 0 Å². The fourth-order valence-electron chi connectivity index (χ4n) is 3.57. The SMILES string of the molecule is Cc1ccc(C(=O)O)c(C(=O)Oc2ccc(Oc3ccc(OOCc4cc(O)ccc4COO)cc3)cc2)c1. The van der Waals surface area contributed by atoms with Gasteiger partial charge in [0.15, 0.2) is 5.75 Å². The number of aromatic hydroxyl groups is 1. The summed E-state index contributed by atoms with van der Waals surface area (Å²) in [5.74, 6) is -0.330. The summed E-state index contributed by atoms with van der Waals surface area (Å²) in [6.07, 6.45) is 0. The van der Waals surface area contributed by atoms with Gasteiger partial charge in [0.1, 0.15) is 36.2 Å². The first-order valence-corrected chi connectivity index (χ1v) is 11.6. The molecule has 10 nitrogen and oxygen atoms in total. The summed E-state index contributed by atoms with van der Waals surface area (Å²) in [5, 5.41) is 27.7. The number of phenolic OH excluding ortho intramolecular Hbond substituents is 1. The number of ether oxygens (including phenoxy) is 2. The molecule has 39 heavy (non-hydrogen) atoms. The van der Waals surface area contributed by atoms with Crippen LogP contribution in [0.15, 0.2) is 84.9 Å². The highest BCUT2D eigenvalue weighted by atomic mass is 17.2. The Bertz CT molecular complexity index is 1450. The van der Waals surface area contributed by atoms with Gasteiger partial charge in [0, 0.05) is 0 Å². The molecule has 200 valence electrons. The van der Waals surface area contributed by atoms with E-state index in [0.29, 0.717) is 28.4 Å². The fraction of sp³-hybridized carbons (Fsp3) is 0.103. The van der Waals surface area contributed by atoms with E-state index in [2.05, 4.69) is 4.89 Å². The van der Waals surface area contributed by atoms with Crippen molar-refractivity contribution in [3.63, 3.8) is 0 Å². The minimum Gasteiger partial charge on any atom is -0.508 e. The van der Waals surface area contributed by atoms with Crippen molar-refractivity contribution in [1.82, 2.24) is 0 Å². The van der Waals surface area contributed by atoms with Crippen molar-refractivity contribution in [2.24, 2.45) is 0 Å². The van der Waals surface area contributed by atoms with Crippen molar-refractivity contribution >= 4 is 11.9 Å². The van der Waals surface area contributed by atoms with Gasteiger partial charge in [-0.05, 0) is 90.8 Å². The third kappa shape index (κ3) is 7.33. The molecule has 4 aromatic carbocycles. The Balaban J connectivity index is 1.31. The maximum absolute atomic E-state index is 12.6.